The van der Waals surface area contributed by atoms with Crippen LogP contribution < -0.4 is 5.73 Å². The number of nitrogen functional groups attached to an aromatic ring is 1. The molecule has 1 saturated carbocycles. The van der Waals surface area contributed by atoms with Crippen LogP contribution in [0.15, 0.2) is 30.5 Å². The predicted molar refractivity (Wildman–Crippen MR) is 83.8 cm³/mol. The van der Waals surface area contributed by atoms with Crippen LogP contribution in [0, 0.1) is 0 Å². The summed E-state index contributed by atoms with van der Waals surface area (Å²) in [6.45, 7) is 0. The van der Waals surface area contributed by atoms with Crippen molar-refractivity contribution in [1.82, 2.24) is 9.78 Å². The van der Waals surface area contributed by atoms with Crippen molar-refractivity contribution in [3.63, 3.8) is 0 Å². The highest BCUT2D eigenvalue weighted by Crippen LogP contribution is 2.31. The van der Waals surface area contributed by atoms with E-state index in [9.17, 15) is 0 Å². The van der Waals surface area contributed by atoms with Crippen molar-refractivity contribution in [2.75, 3.05) is 5.73 Å². The first-order valence-electron chi connectivity index (χ1n) is 7.34. The van der Waals surface area contributed by atoms with Crippen LogP contribution >= 0.6 is 11.6 Å². The van der Waals surface area contributed by atoms with Crippen LogP contribution in [0.25, 0.3) is 11.3 Å². The molecule has 1 fully saturated rings. The Labute approximate surface area is 124 Å². The summed E-state index contributed by atoms with van der Waals surface area (Å²) in [7, 11) is 0. The number of nitrogens with two attached hydrogens (primary N) is 1. The molecule has 0 unspecified atom stereocenters. The van der Waals surface area contributed by atoms with Gasteiger partial charge in [-0.15, -0.1) is 0 Å². The van der Waals surface area contributed by atoms with E-state index < -0.39 is 0 Å². The third kappa shape index (κ3) is 2.83. The smallest absolute Gasteiger partial charge is 0.115 e. The van der Waals surface area contributed by atoms with Crippen LogP contribution in [0.1, 0.15) is 44.6 Å². The summed E-state index contributed by atoms with van der Waals surface area (Å²) in [6.07, 6.45) is 9.65. The van der Waals surface area contributed by atoms with Gasteiger partial charge in [0, 0.05) is 16.8 Å². The first-order valence-corrected chi connectivity index (χ1v) is 7.72. The molecule has 0 bridgehead atoms. The van der Waals surface area contributed by atoms with Crippen molar-refractivity contribution < 1.29 is 0 Å². The minimum absolute atomic E-state index is 0.493. The van der Waals surface area contributed by atoms with Crippen LogP contribution in [0.4, 0.5) is 5.69 Å². The molecule has 20 heavy (non-hydrogen) atoms. The Morgan fingerprint density at radius 3 is 2.60 bits per heavy atom. The number of benzene rings is 1. The maximum absolute atomic E-state index is 6.14. The maximum atomic E-state index is 6.14. The summed E-state index contributed by atoms with van der Waals surface area (Å²) < 4.78 is 2.07. The summed E-state index contributed by atoms with van der Waals surface area (Å²) in [4.78, 5) is 0. The Balaban J connectivity index is 1.90. The molecule has 2 N–H and O–H groups in total. The minimum atomic E-state index is 0.493. The van der Waals surface area contributed by atoms with Crippen LogP contribution in [0.3, 0.4) is 0 Å². The summed E-state index contributed by atoms with van der Waals surface area (Å²) in [5.41, 5.74) is 8.71. The van der Waals surface area contributed by atoms with E-state index in [1.807, 2.05) is 30.5 Å². The molecule has 0 radical (unpaired) electrons. The van der Waals surface area contributed by atoms with Gasteiger partial charge < -0.3 is 5.73 Å². The van der Waals surface area contributed by atoms with Gasteiger partial charge in [-0.3, -0.25) is 4.68 Å². The van der Waals surface area contributed by atoms with E-state index in [0.29, 0.717) is 11.1 Å². The normalized spacial score (nSPS) is 17.1. The largest absolute Gasteiger partial charge is 0.396 e. The summed E-state index contributed by atoms with van der Waals surface area (Å²) >= 11 is 6.05. The molecule has 1 aromatic heterocycles. The molecule has 3 nitrogen and oxygen atoms in total. The van der Waals surface area contributed by atoms with Gasteiger partial charge in [0.15, 0.2) is 0 Å². The van der Waals surface area contributed by atoms with E-state index in [0.717, 1.165) is 16.9 Å². The van der Waals surface area contributed by atoms with Gasteiger partial charge in [-0.25, -0.2) is 0 Å². The van der Waals surface area contributed by atoms with Crippen LogP contribution in [-0.4, -0.2) is 9.78 Å². The molecule has 106 valence electrons. The first-order chi connectivity index (χ1) is 9.74. The quantitative estimate of drug-likeness (QED) is 0.816. The highest BCUT2D eigenvalue weighted by atomic mass is 35.5. The Bertz CT molecular complexity index is 583. The fourth-order valence-electron chi connectivity index (χ4n) is 2.98. The lowest BCUT2D eigenvalue weighted by molar-refractivity contribution is 0.406. The van der Waals surface area contributed by atoms with Crippen molar-refractivity contribution in [3.05, 3.63) is 35.5 Å². The van der Waals surface area contributed by atoms with E-state index in [-0.39, 0.29) is 0 Å². The van der Waals surface area contributed by atoms with Crippen molar-refractivity contribution in [2.45, 2.75) is 44.6 Å². The SMILES string of the molecule is Nc1cn(C2CCCCCC2)nc1-c1cccc(Cl)c1. The molecule has 0 amide bonds. The van der Waals surface area contributed by atoms with Gasteiger partial charge in [0.25, 0.3) is 0 Å². The van der Waals surface area contributed by atoms with E-state index >= 15 is 0 Å². The lowest BCUT2D eigenvalue weighted by atomic mass is 10.1. The topological polar surface area (TPSA) is 43.8 Å². The molecule has 4 heteroatoms. The third-order valence-electron chi connectivity index (χ3n) is 4.06. The predicted octanol–water partition coefficient (Wildman–Crippen LogP) is 4.68. The second-order valence-electron chi connectivity index (χ2n) is 5.57. The van der Waals surface area contributed by atoms with Crippen LogP contribution in [0.2, 0.25) is 5.02 Å². The fourth-order valence-corrected chi connectivity index (χ4v) is 3.17. The van der Waals surface area contributed by atoms with Crippen molar-refractivity contribution in [3.8, 4) is 11.3 Å². The minimum Gasteiger partial charge on any atom is -0.396 e. The van der Waals surface area contributed by atoms with Gasteiger partial charge in [0.1, 0.15) is 5.69 Å². The van der Waals surface area contributed by atoms with Gasteiger partial charge in [0.05, 0.1) is 11.7 Å². The zero-order valence-corrected chi connectivity index (χ0v) is 12.3. The molecule has 1 heterocycles. The number of nitrogens with zero attached hydrogens (tertiary/aromatic N) is 2. The number of anilines is 1. The Morgan fingerprint density at radius 1 is 1.15 bits per heavy atom. The molecule has 1 aliphatic carbocycles. The molecule has 0 atom stereocenters. The van der Waals surface area contributed by atoms with Gasteiger partial charge in [-0.2, -0.15) is 5.10 Å². The molecular weight excluding hydrogens is 270 g/mol. The Hall–Kier alpha value is -1.48. The van der Waals surface area contributed by atoms with E-state index in [4.69, 9.17) is 22.4 Å². The van der Waals surface area contributed by atoms with Gasteiger partial charge in [-0.05, 0) is 25.0 Å². The average molecular weight is 290 g/mol. The van der Waals surface area contributed by atoms with Gasteiger partial charge >= 0.3 is 0 Å². The van der Waals surface area contributed by atoms with Crippen LogP contribution in [0.5, 0.6) is 0 Å². The van der Waals surface area contributed by atoms with E-state index in [2.05, 4.69) is 4.68 Å². The number of hydrogen-bond acceptors (Lipinski definition) is 2. The van der Waals surface area contributed by atoms with Crippen molar-refractivity contribution in [1.29, 1.82) is 0 Å². The second-order valence-corrected chi connectivity index (χ2v) is 6.01. The van der Waals surface area contributed by atoms with Gasteiger partial charge in [-0.1, -0.05) is 49.4 Å². The Kier molecular flexibility index (Phi) is 3.97. The lowest BCUT2D eigenvalue weighted by Gasteiger charge is -2.14. The highest BCUT2D eigenvalue weighted by Gasteiger charge is 2.17. The molecule has 1 aliphatic rings. The molecule has 0 aliphatic heterocycles. The highest BCUT2D eigenvalue weighted by molar-refractivity contribution is 6.30. The summed E-state index contributed by atoms with van der Waals surface area (Å²) in [6, 6.07) is 8.21. The molecule has 2 aromatic rings. The number of aromatic nitrogens is 2. The van der Waals surface area contributed by atoms with Crippen molar-refractivity contribution >= 4 is 17.3 Å². The first kappa shape index (κ1) is 13.5. The lowest BCUT2D eigenvalue weighted by Crippen LogP contribution is -2.08. The zero-order chi connectivity index (χ0) is 13.9. The van der Waals surface area contributed by atoms with Crippen molar-refractivity contribution in [2.24, 2.45) is 0 Å². The molecular formula is C16H20ClN3. The van der Waals surface area contributed by atoms with Gasteiger partial charge in [0.2, 0.25) is 0 Å². The Morgan fingerprint density at radius 2 is 1.90 bits per heavy atom. The van der Waals surface area contributed by atoms with E-state index in [1.54, 1.807) is 0 Å². The third-order valence-corrected chi connectivity index (χ3v) is 4.29. The summed E-state index contributed by atoms with van der Waals surface area (Å²) in [5, 5.41) is 5.43. The van der Waals surface area contributed by atoms with E-state index in [1.165, 1.54) is 38.5 Å². The molecule has 0 spiro atoms. The molecule has 1 aromatic carbocycles. The maximum Gasteiger partial charge on any atom is 0.115 e. The average Bonchev–Trinajstić information content (AvgIpc) is 2.65. The summed E-state index contributed by atoms with van der Waals surface area (Å²) in [5.74, 6) is 0. The second kappa shape index (κ2) is 5.88. The molecule has 3 rings (SSSR count). The standard InChI is InChI=1S/C16H20ClN3/c17-13-7-5-6-12(10-13)16-15(18)11-20(19-16)14-8-3-1-2-4-9-14/h5-7,10-11,14H,1-4,8-9,18H2. The number of rotatable bonds is 2. The number of hydrogen-bond donors (Lipinski definition) is 1. The van der Waals surface area contributed by atoms with Crippen LogP contribution in [-0.2, 0) is 0 Å². The fraction of sp³-hybridized carbons (Fsp3) is 0.438. The number of halogens is 1. The monoisotopic (exact) mass is 289 g/mol. The molecule has 0 saturated heterocycles. The zero-order valence-electron chi connectivity index (χ0n) is 11.6.